The summed E-state index contributed by atoms with van der Waals surface area (Å²) < 4.78 is 15.2. The zero-order valence-corrected chi connectivity index (χ0v) is 12.1. The van der Waals surface area contributed by atoms with Gasteiger partial charge in [0.15, 0.2) is 0 Å². The van der Waals surface area contributed by atoms with Gasteiger partial charge in [-0.15, -0.1) is 0 Å². The molecular formula is C14H22N2O4. The van der Waals surface area contributed by atoms with Gasteiger partial charge in [0, 0.05) is 19.7 Å². The summed E-state index contributed by atoms with van der Waals surface area (Å²) in [5.41, 5.74) is 6.23. The number of amides is 1. The third-order valence-electron chi connectivity index (χ3n) is 2.83. The number of benzene rings is 1. The lowest BCUT2D eigenvalue weighted by Gasteiger charge is -2.13. The summed E-state index contributed by atoms with van der Waals surface area (Å²) in [7, 11) is 4.67. The minimum absolute atomic E-state index is 0.0903. The highest BCUT2D eigenvalue weighted by Gasteiger charge is 2.13. The zero-order chi connectivity index (χ0) is 15.0. The molecule has 1 unspecified atom stereocenters. The maximum Gasteiger partial charge on any atom is 0.255 e. The largest absolute Gasteiger partial charge is 0.497 e. The minimum atomic E-state index is -0.217. The molecule has 0 radical (unpaired) electrons. The molecule has 1 aromatic carbocycles. The third-order valence-corrected chi connectivity index (χ3v) is 2.83. The zero-order valence-electron chi connectivity index (χ0n) is 12.1. The summed E-state index contributed by atoms with van der Waals surface area (Å²) in [6.07, 6.45) is 0.645. The molecule has 112 valence electrons. The van der Waals surface area contributed by atoms with Crippen LogP contribution in [0, 0.1) is 0 Å². The molecule has 1 atom stereocenters. The van der Waals surface area contributed by atoms with Crippen molar-refractivity contribution in [3.8, 4) is 11.5 Å². The fraction of sp³-hybridized carbons (Fsp3) is 0.500. The molecule has 6 nitrogen and oxygen atoms in total. The lowest BCUT2D eigenvalue weighted by Crippen LogP contribution is -2.33. The molecule has 0 aliphatic carbocycles. The van der Waals surface area contributed by atoms with Crippen LogP contribution in [0.4, 0.5) is 0 Å². The van der Waals surface area contributed by atoms with Crippen molar-refractivity contribution in [3.63, 3.8) is 0 Å². The van der Waals surface area contributed by atoms with Gasteiger partial charge in [-0.25, -0.2) is 0 Å². The Kier molecular flexibility index (Phi) is 6.83. The molecule has 0 saturated heterocycles. The number of hydrogen-bond donors (Lipinski definition) is 2. The molecule has 0 aliphatic heterocycles. The number of carbonyl (C=O) groups is 1. The van der Waals surface area contributed by atoms with Crippen molar-refractivity contribution in [1.29, 1.82) is 0 Å². The van der Waals surface area contributed by atoms with Crippen molar-refractivity contribution in [2.24, 2.45) is 5.73 Å². The third kappa shape index (κ3) is 4.71. The van der Waals surface area contributed by atoms with Crippen molar-refractivity contribution in [2.75, 3.05) is 34.5 Å². The standard InChI is InChI=1S/C14H22N2O4/c1-18-9-10(15)6-7-16-14(17)12-8-11(19-2)4-5-13(12)20-3/h4-5,8,10H,6-7,9,15H2,1-3H3,(H,16,17). The highest BCUT2D eigenvalue weighted by molar-refractivity contribution is 5.97. The summed E-state index contributed by atoms with van der Waals surface area (Å²) in [5, 5.41) is 2.80. The average Bonchev–Trinajstić information content (AvgIpc) is 2.46. The summed E-state index contributed by atoms with van der Waals surface area (Å²) in [5.74, 6) is 0.891. The molecule has 0 aromatic heterocycles. The van der Waals surface area contributed by atoms with Crippen molar-refractivity contribution in [2.45, 2.75) is 12.5 Å². The summed E-state index contributed by atoms with van der Waals surface area (Å²) in [6, 6.07) is 4.99. The van der Waals surface area contributed by atoms with Gasteiger partial charge in [-0.2, -0.15) is 0 Å². The minimum Gasteiger partial charge on any atom is -0.497 e. The second-order valence-electron chi connectivity index (χ2n) is 4.33. The molecule has 1 rings (SSSR count). The Morgan fingerprint density at radius 3 is 2.65 bits per heavy atom. The predicted molar refractivity (Wildman–Crippen MR) is 76.3 cm³/mol. The first-order valence-corrected chi connectivity index (χ1v) is 6.37. The highest BCUT2D eigenvalue weighted by Crippen LogP contribution is 2.23. The van der Waals surface area contributed by atoms with E-state index in [1.807, 2.05) is 0 Å². The molecule has 0 aliphatic rings. The van der Waals surface area contributed by atoms with Crippen molar-refractivity contribution >= 4 is 5.91 Å². The molecule has 1 aromatic rings. The Balaban J connectivity index is 2.62. The first-order chi connectivity index (χ1) is 9.62. The first kappa shape index (κ1) is 16.3. The van der Waals surface area contributed by atoms with Gasteiger partial charge in [-0.3, -0.25) is 4.79 Å². The van der Waals surface area contributed by atoms with Gasteiger partial charge >= 0.3 is 0 Å². The molecule has 0 bridgehead atoms. The molecule has 0 saturated carbocycles. The normalized spacial score (nSPS) is 11.8. The number of ether oxygens (including phenoxy) is 3. The van der Waals surface area contributed by atoms with E-state index in [9.17, 15) is 4.79 Å². The second-order valence-corrected chi connectivity index (χ2v) is 4.33. The molecule has 1 amide bonds. The van der Waals surface area contributed by atoms with Gasteiger partial charge in [0.2, 0.25) is 0 Å². The molecular weight excluding hydrogens is 260 g/mol. The van der Waals surface area contributed by atoms with Crippen LogP contribution < -0.4 is 20.5 Å². The van der Waals surface area contributed by atoms with E-state index in [4.69, 9.17) is 19.9 Å². The number of nitrogens with one attached hydrogen (secondary N) is 1. The van der Waals surface area contributed by atoms with Crippen LogP contribution in [0.15, 0.2) is 18.2 Å². The molecule has 6 heteroatoms. The van der Waals surface area contributed by atoms with Crippen molar-refractivity contribution in [3.05, 3.63) is 23.8 Å². The lowest BCUT2D eigenvalue weighted by molar-refractivity contribution is 0.0946. The lowest BCUT2D eigenvalue weighted by atomic mass is 10.1. The van der Waals surface area contributed by atoms with Gasteiger partial charge in [0.05, 0.1) is 26.4 Å². The molecule has 3 N–H and O–H groups in total. The average molecular weight is 282 g/mol. The Morgan fingerprint density at radius 2 is 2.05 bits per heavy atom. The summed E-state index contributed by atoms with van der Waals surface area (Å²) in [4.78, 5) is 12.1. The number of nitrogens with two attached hydrogens (primary N) is 1. The Morgan fingerprint density at radius 1 is 1.30 bits per heavy atom. The fourth-order valence-electron chi connectivity index (χ4n) is 1.76. The van der Waals surface area contributed by atoms with E-state index >= 15 is 0 Å². The smallest absolute Gasteiger partial charge is 0.255 e. The van der Waals surface area contributed by atoms with E-state index in [0.29, 0.717) is 36.6 Å². The van der Waals surface area contributed by atoms with Crippen LogP contribution in [0.5, 0.6) is 11.5 Å². The Hall–Kier alpha value is -1.79. The topological polar surface area (TPSA) is 82.8 Å². The number of rotatable bonds is 8. The van der Waals surface area contributed by atoms with Gasteiger partial charge in [-0.1, -0.05) is 0 Å². The molecule has 0 spiro atoms. The van der Waals surface area contributed by atoms with Gasteiger partial charge in [0.1, 0.15) is 11.5 Å². The molecule has 20 heavy (non-hydrogen) atoms. The number of methoxy groups -OCH3 is 3. The predicted octanol–water partition coefficient (Wildman–Crippen LogP) is 0.797. The monoisotopic (exact) mass is 282 g/mol. The maximum absolute atomic E-state index is 12.1. The molecule has 0 fully saturated rings. The van der Waals surface area contributed by atoms with Crippen LogP contribution in [0.2, 0.25) is 0 Å². The highest BCUT2D eigenvalue weighted by atomic mass is 16.5. The summed E-state index contributed by atoms with van der Waals surface area (Å²) >= 11 is 0. The Labute approximate surface area is 119 Å². The van der Waals surface area contributed by atoms with E-state index in [0.717, 1.165) is 0 Å². The van der Waals surface area contributed by atoms with Crippen LogP contribution in [-0.2, 0) is 4.74 Å². The van der Waals surface area contributed by atoms with E-state index in [1.165, 1.54) is 7.11 Å². The molecule has 0 heterocycles. The van der Waals surface area contributed by atoms with E-state index < -0.39 is 0 Å². The van der Waals surface area contributed by atoms with E-state index in [1.54, 1.807) is 32.4 Å². The van der Waals surface area contributed by atoms with E-state index in [-0.39, 0.29) is 11.9 Å². The van der Waals surface area contributed by atoms with E-state index in [2.05, 4.69) is 5.32 Å². The van der Waals surface area contributed by atoms with Crippen molar-refractivity contribution < 1.29 is 19.0 Å². The van der Waals surface area contributed by atoms with Crippen molar-refractivity contribution in [1.82, 2.24) is 5.32 Å². The van der Waals surface area contributed by atoms with Gasteiger partial charge in [0.25, 0.3) is 5.91 Å². The van der Waals surface area contributed by atoms with Crippen LogP contribution >= 0.6 is 0 Å². The summed E-state index contributed by atoms with van der Waals surface area (Å²) in [6.45, 7) is 0.947. The Bertz CT molecular complexity index is 437. The number of carbonyl (C=O) groups excluding carboxylic acids is 1. The van der Waals surface area contributed by atoms with Crippen LogP contribution in [0.25, 0.3) is 0 Å². The van der Waals surface area contributed by atoms with Gasteiger partial charge < -0.3 is 25.3 Å². The maximum atomic E-state index is 12.1. The van der Waals surface area contributed by atoms with Crippen LogP contribution in [0.3, 0.4) is 0 Å². The second kappa shape index (κ2) is 8.39. The van der Waals surface area contributed by atoms with Gasteiger partial charge in [-0.05, 0) is 24.6 Å². The van der Waals surface area contributed by atoms with Crippen LogP contribution in [-0.4, -0.2) is 46.4 Å². The SMILES string of the molecule is COCC(N)CCNC(=O)c1cc(OC)ccc1OC. The quantitative estimate of drug-likeness (QED) is 0.737. The number of hydrogen-bond acceptors (Lipinski definition) is 5. The fourth-order valence-corrected chi connectivity index (χ4v) is 1.76. The first-order valence-electron chi connectivity index (χ1n) is 6.37. The van der Waals surface area contributed by atoms with Crippen LogP contribution in [0.1, 0.15) is 16.8 Å².